The Morgan fingerprint density at radius 2 is 1.69 bits per heavy atom. The molecule has 0 radical (unpaired) electrons. The van der Waals surface area contributed by atoms with Gasteiger partial charge in [-0.05, 0) is 29.1 Å². The third-order valence-corrected chi connectivity index (χ3v) is 5.14. The SMILES string of the molecule is CN(C)c1nccc2ccc(N3CCN(Cc4ccccc4)CC3)cc12. The smallest absolute Gasteiger partial charge is 0.135 e. The minimum atomic E-state index is 1.03. The monoisotopic (exact) mass is 346 g/mol. The van der Waals surface area contributed by atoms with Crippen LogP contribution in [-0.2, 0) is 6.54 Å². The lowest BCUT2D eigenvalue weighted by Gasteiger charge is -2.36. The fourth-order valence-electron chi connectivity index (χ4n) is 3.70. The molecule has 4 nitrogen and oxygen atoms in total. The minimum Gasteiger partial charge on any atom is -0.369 e. The molecule has 134 valence electrons. The normalized spacial score (nSPS) is 15.4. The maximum Gasteiger partial charge on any atom is 0.135 e. The first-order valence-electron chi connectivity index (χ1n) is 9.28. The molecule has 0 aliphatic carbocycles. The van der Waals surface area contributed by atoms with E-state index in [-0.39, 0.29) is 0 Å². The first-order chi connectivity index (χ1) is 12.7. The van der Waals surface area contributed by atoms with Gasteiger partial charge in [-0.3, -0.25) is 4.90 Å². The van der Waals surface area contributed by atoms with Gasteiger partial charge in [0.25, 0.3) is 0 Å². The van der Waals surface area contributed by atoms with Gasteiger partial charge in [0, 0.05) is 64.1 Å². The van der Waals surface area contributed by atoms with Gasteiger partial charge in [-0.25, -0.2) is 4.98 Å². The van der Waals surface area contributed by atoms with E-state index in [1.54, 1.807) is 0 Å². The van der Waals surface area contributed by atoms with Crippen LogP contribution in [0.25, 0.3) is 10.8 Å². The highest BCUT2D eigenvalue weighted by atomic mass is 15.3. The largest absolute Gasteiger partial charge is 0.369 e. The van der Waals surface area contributed by atoms with Crippen LogP contribution in [0.3, 0.4) is 0 Å². The van der Waals surface area contributed by atoms with E-state index in [1.165, 1.54) is 22.0 Å². The van der Waals surface area contributed by atoms with Gasteiger partial charge >= 0.3 is 0 Å². The van der Waals surface area contributed by atoms with E-state index in [4.69, 9.17) is 0 Å². The average Bonchev–Trinajstić information content (AvgIpc) is 2.68. The van der Waals surface area contributed by atoms with Crippen molar-refractivity contribution < 1.29 is 0 Å². The van der Waals surface area contributed by atoms with Crippen LogP contribution in [0.5, 0.6) is 0 Å². The number of piperazine rings is 1. The van der Waals surface area contributed by atoms with E-state index < -0.39 is 0 Å². The molecule has 4 heteroatoms. The summed E-state index contributed by atoms with van der Waals surface area (Å²) in [5, 5.41) is 2.47. The van der Waals surface area contributed by atoms with Crippen LogP contribution >= 0.6 is 0 Å². The number of aromatic nitrogens is 1. The van der Waals surface area contributed by atoms with Gasteiger partial charge in [0.2, 0.25) is 0 Å². The van der Waals surface area contributed by atoms with Gasteiger partial charge in [0.1, 0.15) is 5.82 Å². The summed E-state index contributed by atoms with van der Waals surface area (Å²) >= 11 is 0. The van der Waals surface area contributed by atoms with Crippen LogP contribution in [0.4, 0.5) is 11.5 Å². The summed E-state index contributed by atoms with van der Waals surface area (Å²) in [5.41, 5.74) is 2.70. The zero-order valence-corrected chi connectivity index (χ0v) is 15.6. The maximum atomic E-state index is 4.55. The Morgan fingerprint density at radius 1 is 0.923 bits per heavy atom. The molecule has 0 unspecified atom stereocenters. The summed E-state index contributed by atoms with van der Waals surface area (Å²) in [6.45, 7) is 5.37. The molecule has 1 aliphatic rings. The number of pyridine rings is 1. The van der Waals surface area contributed by atoms with E-state index in [0.717, 1.165) is 38.5 Å². The number of benzene rings is 2. The predicted molar refractivity (Wildman–Crippen MR) is 110 cm³/mol. The molecule has 0 saturated carbocycles. The molecule has 1 aliphatic heterocycles. The summed E-state index contributed by atoms with van der Waals surface area (Å²) in [6, 6.07) is 19.6. The topological polar surface area (TPSA) is 22.6 Å². The van der Waals surface area contributed by atoms with Crippen molar-refractivity contribution in [2.75, 3.05) is 50.1 Å². The van der Waals surface area contributed by atoms with E-state index in [0.29, 0.717) is 0 Å². The van der Waals surface area contributed by atoms with Gasteiger partial charge in [0.15, 0.2) is 0 Å². The second-order valence-corrected chi connectivity index (χ2v) is 7.18. The Kier molecular flexibility index (Phi) is 4.76. The van der Waals surface area contributed by atoms with Crippen molar-refractivity contribution in [2.24, 2.45) is 0 Å². The lowest BCUT2D eigenvalue weighted by atomic mass is 10.1. The Balaban J connectivity index is 1.48. The van der Waals surface area contributed by atoms with Gasteiger partial charge < -0.3 is 9.80 Å². The molecular formula is C22H26N4. The zero-order chi connectivity index (χ0) is 17.9. The predicted octanol–water partition coefficient (Wildman–Crippen LogP) is 3.62. The van der Waals surface area contributed by atoms with E-state index in [9.17, 15) is 0 Å². The molecule has 1 aromatic heterocycles. The van der Waals surface area contributed by atoms with Gasteiger partial charge in [-0.15, -0.1) is 0 Å². The van der Waals surface area contributed by atoms with Crippen LogP contribution in [0.15, 0.2) is 60.8 Å². The Labute approximate surface area is 155 Å². The Bertz CT molecular complexity index is 868. The molecule has 0 bridgehead atoms. The van der Waals surface area contributed by atoms with Crippen molar-refractivity contribution in [3.63, 3.8) is 0 Å². The molecule has 1 saturated heterocycles. The quantitative estimate of drug-likeness (QED) is 0.719. The summed E-state index contributed by atoms with van der Waals surface area (Å²) < 4.78 is 0. The molecule has 2 aromatic carbocycles. The fourth-order valence-corrected chi connectivity index (χ4v) is 3.70. The summed E-state index contributed by atoms with van der Waals surface area (Å²) in [7, 11) is 4.10. The average molecular weight is 346 g/mol. The molecule has 0 spiro atoms. The molecule has 26 heavy (non-hydrogen) atoms. The summed E-state index contributed by atoms with van der Waals surface area (Å²) in [4.78, 5) is 11.7. The number of anilines is 2. The highest BCUT2D eigenvalue weighted by molar-refractivity contribution is 5.94. The molecule has 0 atom stereocenters. The highest BCUT2D eigenvalue weighted by Gasteiger charge is 2.18. The number of rotatable bonds is 4. The Hall–Kier alpha value is -2.59. The maximum absolute atomic E-state index is 4.55. The molecule has 0 N–H and O–H groups in total. The molecule has 3 aromatic rings. The van der Waals surface area contributed by atoms with E-state index in [1.807, 2.05) is 6.20 Å². The van der Waals surface area contributed by atoms with Gasteiger partial charge in [-0.1, -0.05) is 36.4 Å². The molecular weight excluding hydrogens is 320 g/mol. The van der Waals surface area contributed by atoms with Gasteiger partial charge in [-0.2, -0.15) is 0 Å². The minimum absolute atomic E-state index is 1.03. The zero-order valence-electron chi connectivity index (χ0n) is 15.6. The molecule has 1 fully saturated rings. The van der Waals surface area contributed by atoms with Crippen molar-refractivity contribution in [1.82, 2.24) is 9.88 Å². The lowest BCUT2D eigenvalue weighted by Crippen LogP contribution is -2.45. The number of hydrogen-bond donors (Lipinski definition) is 0. The van der Waals surface area contributed by atoms with E-state index >= 15 is 0 Å². The first kappa shape index (κ1) is 16.9. The van der Waals surface area contributed by atoms with Crippen LogP contribution in [0.2, 0.25) is 0 Å². The third kappa shape index (κ3) is 3.51. The van der Waals surface area contributed by atoms with Crippen molar-refractivity contribution in [3.05, 3.63) is 66.4 Å². The number of hydrogen-bond acceptors (Lipinski definition) is 4. The molecule has 4 rings (SSSR count). The van der Waals surface area contributed by atoms with Crippen LogP contribution in [-0.4, -0.2) is 50.2 Å². The number of nitrogens with zero attached hydrogens (tertiary/aromatic N) is 4. The van der Waals surface area contributed by atoms with Crippen LogP contribution in [0.1, 0.15) is 5.56 Å². The standard InChI is InChI=1S/C22H26N4/c1-24(2)22-21-16-20(9-8-19(21)10-11-23-22)26-14-12-25(13-15-26)17-18-6-4-3-5-7-18/h3-11,16H,12-15,17H2,1-2H3. The molecule has 0 amide bonds. The highest BCUT2D eigenvalue weighted by Crippen LogP contribution is 2.28. The van der Waals surface area contributed by atoms with Crippen molar-refractivity contribution in [2.45, 2.75) is 6.54 Å². The lowest BCUT2D eigenvalue weighted by molar-refractivity contribution is 0.250. The van der Waals surface area contributed by atoms with Gasteiger partial charge in [0.05, 0.1) is 0 Å². The van der Waals surface area contributed by atoms with Crippen LogP contribution < -0.4 is 9.80 Å². The Morgan fingerprint density at radius 3 is 2.42 bits per heavy atom. The van der Waals surface area contributed by atoms with E-state index in [2.05, 4.69) is 88.4 Å². The molecule has 2 heterocycles. The van der Waals surface area contributed by atoms with Crippen molar-refractivity contribution in [3.8, 4) is 0 Å². The fraction of sp³-hybridized carbons (Fsp3) is 0.318. The summed E-state index contributed by atoms with van der Waals surface area (Å²) in [6.07, 6.45) is 1.89. The third-order valence-electron chi connectivity index (χ3n) is 5.14. The number of fused-ring (bicyclic) bond motifs is 1. The first-order valence-corrected chi connectivity index (χ1v) is 9.28. The second kappa shape index (κ2) is 7.34. The van der Waals surface area contributed by atoms with Crippen molar-refractivity contribution in [1.29, 1.82) is 0 Å². The van der Waals surface area contributed by atoms with Crippen molar-refractivity contribution >= 4 is 22.3 Å². The van der Waals surface area contributed by atoms with Crippen LogP contribution in [0, 0.1) is 0 Å². The summed E-state index contributed by atoms with van der Waals surface area (Å²) in [5.74, 6) is 1.03. The second-order valence-electron chi connectivity index (χ2n) is 7.18.